The second-order valence-electron chi connectivity index (χ2n) is 3.37. The zero-order valence-corrected chi connectivity index (χ0v) is 10.9. The minimum Gasteiger partial charge on any atom is -0.466 e. The Bertz CT molecular complexity index is 413. The second-order valence-corrected chi connectivity index (χ2v) is 4.43. The van der Waals surface area contributed by atoms with Crippen LogP contribution in [0.25, 0.3) is 0 Å². The Morgan fingerprint density at radius 2 is 2.29 bits per heavy atom. The fourth-order valence-corrected chi connectivity index (χ4v) is 2.18. The van der Waals surface area contributed by atoms with Crippen LogP contribution in [-0.2, 0) is 16.1 Å². The van der Waals surface area contributed by atoms with E-state index in [1.165, 1.54) is 11.8 Å². The van der Waals surface area contributed by atoms with Crippen LogP contribution >= 0.6 is 11.8 Å². The van der Waals surface area contributed by atoms with Crippen molar-refractivity contribution in [3.8, 4) is 0 Å². The number of esters is 1. The monoisotopic (exact) mass is 259 g/mol. The number of H-pyrrole nitrogens is 1. The van der Waals surface area contributed by atoms with Gasteiger partial charge in [-0.2, -0.15) is 0 Å². The number of hydrogen-bond donors (Lipinski definition) is 1. The van der Waals surface area contributed by atoms with Gasteiger partial charge in [-0.1, -0.05) is 18.7 Å². The van der Waals surface area contributed by atoms with E-state index in [1.54, 1.807) is 11.5 Å². The van der Waals surface area contributed by atoms with E-state index < -0.39 is 0 Å². The Morgan fingerprint density at radius 3 is 2.94 bits per heavy atom. The van der Waals surface area contributed by atoms with E-state index in [1.807, 2.05) is 6.92 Å². The quantitative estimate of drug-likeness (QED) is 0.584. The Balaban J connectivity index is 2.46. The number of thioether (sulfide) groups is 1. The summed E-state index contributed by atoms with van der Waals surface area (Å²) >= 11 is 1.38. The molecule has 0 atom stereocenters. The number of aromatic nitrogens is 3. The van der Waals surface area contributed by atoms with Crippen molar-refractivity contribution in [3.63, 3.8) is 0 Å². The zero-order chi connectivity index (χ0) is 12.7. The molecule has 0 aliphatic rings. The van der Waals surface area contributed by atoms with Gasteiger partial charge in [-0.15, -0.1) is 5.10 Å². The van der Waals surface area contributed by atoms with Gasteiger partial charge in [0.05, 0.1) is 13.0 Å². The van der Waals surface area contributed by atoms with Gasteiger partial charge < -0.3 is 4.74 Å². The molecule has 0 aromatic carbocycles. The normalized spacial score (nSPS) is 10.5. The molecule has 0 saturated heterocycles. The summed E-state index contributed by atoms with van der Waals surface area (Å²) in [6.45, 7) is 4.80. The molecule has 1 N–H and O–H groups in total. The van der Waals surface area contributed by atoms with Gasteiger partial charge in [-0.05, 0) is 13.3 Å². The largest absolute Gasteiger partial charge is 0.466 e. The summed E-state index contributed by atoms with van der Waals surface area (Å²) in [5, 5.41) is 6.95. The molecule has 0 spiro atoms. The number of carbonyl (C=O) groups is 1. The van der Waals surface area contributed by atoms with Crippen LogP contribution in [0.15, 0.2) is 9.95 Å². The molecule has 96 valence electrons. The van der Waals surface area contributed by atoms with E-state index in [0.29, 0.717) is 30.5 Å². The summed E-state index contributed by atoms with van der Waals surface area (Å²) in [4.78, 5) is 22.5. The zero-order valence-electron chi connectivity index (χ0n) is 10.1. The molecule has 0 amide bonds. The van der Waals surface area contributed by atoms with E-state index in [-0.39, 0.29) is 11.7 Å². The maximum atomic E-state index is 11.4. The minimum absolute atomic E-state index is 0.203. The highest BCUT2D eigenvalue weighted by Gasteiger charge is 2.09. The third-order valence-electron chi connectivity index (χ3n) is 2.01. The average molecular weight is 259 g/mol. The number of nitrogens with zero attached hydrogens (tertiary/aromatic N) is 2. The van der Waals surface area contributed by atoms with Crippen LogP contribution in [-0.4, -0.2) is 33.1 Å². The summed E-state index contributed by atoms with van der Waals surface area (Å²) in [6.07, 6.45) is 1.19. The first-order valence-corrected chi connectivity index (χ1v) is 6.61. The van der Waals surface area contributed by atoms with Gasteiger partial charge in [0.15, 0.2) is 5.16 Å². The highest BCUT2D eigenvalue weighted by Crippen LogP contribution is 2.14. The summed E-state index contributed by atoms with van der Waals surface area (Å²) < 4.78 is 6.39. The lowest BCUT2D eigenvalue weighted by Crippen LogP contribution is -2.17. The number of rotatable bonds is 7. The maximum absolute atomic E-state index is 11.4. The van der Waals surface area contributed by atoms with E-state index in [4.69, 9.17) is 4.74 Å². The number of hydrogen-bond acceptors (Lipinski definition) is 5. The van der Waals surface area contributed by atoms with Crippen molar-refractivity contribution in [2.45, 2.75) is 38.4 Å². The van der Waals surface area contributed by atoms with Gasteiger partial charge in [-0.25, -0.2) is 9.89 Å². The smallest absolute Gasteiger partial charge is 0.343 e. The topological polar surface area (TPSA) is 77.0 Å². The van der Waals surface area contributed by atoms with Gasteiger partial charge in [0, 0.05) is 12.3 Å². The Hall–Kier alpha value is -1.24. The van der Waals surface area contributed by atoms with Gasteiger partial charge in [0.25, 0.3) is 0 Å². The molecule has 1 rings (SSSR count). The van der Waals surface area contributed by atoms with Crippen LogP contribution in [0, 0.1) is 0 Å². The van der Waals surface area contributed by atoms with Crippen LogP contribution in [0.2, 0.25) is 0 Å². The molecule has 0 unspecified atom stereocenters. The van der Waals surface area contributed by atoms with Gasteiger partial charge >= 0.3 is 11.7 Å². The Labute approximate surface area is 104 Å². The summed E-state index contributed by atoms with van der Waals surface area (Å²) in [5.41, 5.74) is -0.203. The highest BCUT2D eigenvalue weighted by atomic mass is 32.2. The lowest BCUT2D eigenvalue weighted by atomic mass is 10.5. The van der Waals surface area contributed by atoms with Crippen LogP contribution in [0.3, 0.4) is 0 Å². The Morgan fingerprint density at radius 1 is 1.53 bits per heavy atom. The molecule has 0 saturated carbocycles. The summed E-state index contributed by atoms with van der Waals surface area (Å²) in [6, 6.07) is 0. The first-order valence-electron chi connectivity index (χ1n) is 5.62. The molecule has 6 nitrogen and oxygen atoms in total. The Kier molecular flexibility index (Phi) is 5.82. The predicted octanol–water partition coefficient (Wildman–Crippen LogP) is 1.03. The van der Waals surface area contributed by atoms with Crippen molar-refractivity contribution >= 4 is 17.7 Å². The minimum atomic E-state index is -0.222. The molecular formula is C10H17N3O3S. The maximum Gasteiger partial charge on any atom is 0.343 e. The molecule has 7 heteroatoms. The van der Waals surface area contributed by atoms with E-state index in [2.05, 4.69) is 10.2 Å². The lowest BCUT2D eigenvalue weighted by molar-refractivity contribution is -0.142. The SMILES string of the molecule is CCCn1c(SCCC(=O)OCC)n[nH]c1=O. The summed E-state index contributed by atoms with van der Waals surface area (Å²) in [5.74, 6) is 0.340. The average Bonchev–Trinajstić information content (AvgIpc) is 2.62. The second kappa shape index (κ2) is 7.16. The third-order valence-corrected chi connectivity index (χ3v) is 2.99. The number of ether oxygens (including phenoxy) is 1. The number of carbonyl (C=O) groups excluding carboxylic acids is 1. The molecule has 0 fully saturated rings. The molecule has 0 aliphatic carbocycles. The van der Waals surface area contributed by atoms with Gasteiger partial charge in [0.1, 0.15) is 0 Å². The predicted molar refractivity (Wildman–Crippen MR) is 65.1 cm³/mol. The van der Waals surface area contributed by atoms with Crippen molar-refractivity contribution in [1.82, 2.24) is 14.8 Å². The lowest BCUT2D eigenvalue weighted by Gasteiger charge is -2.03. The van der Waals surface area contributed by atoms with E-state index in [9.17, 15) is 9.59 Å². The standard InChI is InChI=1S/C10H17N3O3S/c1-3-6-13-9(15)11-12-10(13)17-7-5-8(14)16-4-2/h3-7H2,1-2H3,(H,11,15). The van der Waals surface area contributed by atoms with Gasteiger partial charge in [-0.3, -0.25) is 9.36 Å². The van der Waals surface area contributed by atoms with E-state index in [0.717, 1.165) is 6.42 Å². The van der Waals surface area contributed by atoms with Gasteiger partial charge in [0.2, 0.25) is 0 Å². The third kappa shape index (κ3) is 4.26. The molecule has 1 aromatic rings. The number of nitrogens with one attached hydrogen (secondary N) is 1. The van der Waals surface area contributed by atoms with Crippen LogP contribution in [0.5, 0.6) is 0 Å². The molecular weight excluding hydrogens is 242 g/mol. The van der Waals surface area contributed by atoms with Crippen LogP contribution < -0.4 is 5.69 Å². The fraction of sp³-hybridized carbons (Fsp3) is 0.700. The molecule has 1 heterocycles. The van der Waals surface area contributed by atoms with Crippen molar-refractivity contribution in [1.29, 1.82) is 0 Å². The molecule has 17 heavy (non-hydrogen) atoms. The first-order chi connectivity index (χ1) is 8.19. The molecule has 0 aliphatic heterocycles. The molecule has 0 bridgehead atoms. The van der Waals surface area contributed by atoms with Crippen molar-refractivity contribution < 1.29 is 9.53 Å². The molecule has 1 aromatic heterocycles. The van der Waals surface area contributed by atoms with Crippen molar-refractivity contribution in [3.05, 3.63) is 10.5 Å². The van der Waals surface area contributed by atoms with Crippen molar-refractivity contribution in [2.75, 3.05) is 12.4 Å². The molecule has 0 radical (unpaired) electrons. The van der Waals surface area contributed by atoms with Crippen molar-refractivity contribution in [2.24, 2.45) is 0 Å². The van der Waals surface area contributed by atoms with Crippen LogP contribution in [0.4, 0.5) is 0 Å². The number of aromatic amines is 1. The van der Waals surface area contributed by atoms with E-state index >= 15 is 0 Å². The summed E-state index contributed by atoms with van der Waals surface area (Å²) in [7, 11) is 0. The highest BCUT2D eigenvalue weighted by molar-refractivity contribution is 7.99. The fourth-order valence-electron chi connectivity index (χ4n) is 1.29. The van der Waals surface area contributed by atoms with Crippen LogP contribution in [0.1, 0.15) is 26.7 Å². The first kappa shape index (κ1) is 13.8.